The molecule has 6 nitrogen and oxygen atoms in total. The van der Waals surface area contributed by atoms with E-state index < -0.39 is 10.0 Å². The number of benzene rings is 3. The lowest BCUT2D eigenvalue weighted by Crippen LogP contribution is -2.31. The first-order valence-electron chi connectivity index (χ1n) is 9.24. The van der Waals surface area contributed by atoms with E-state index in [1.165, 1.54) is 12.1 Å². The van der Waals surface area contributed by atoms with Crippen molar-refractivity contribution >= 4 is 26.7 Å². The second-order valence-electron chi connectivity index (χ2n) is 6.76. The molecular formula is C22H24N2O4S. The van der Waals surface area contributed by atoms with Crippen molar-refractivity contribution in [3.05, 3.63) is 72.3 Å². The molecule has 0 saturated carbocycles. The molecule has 0 atom stereocenters. The van der Waals surface area contributed by atoms with E-state index in [1.807, 2.05) is 36.4 Å². The Morgan fingerprint density at radius 2 is 1.69 bits per heavy atom. The van der Waals surface area contributed by atoms with E-state index in [4.69, 9.17) is 4.74 Å². The molecule has 0 unspecified atom stereocenters. The van der Waals surface area contributed by atoms with Gasteiger partial charge >= 0.3 is 0 Å². The minimum Gasteiger partial charge on any atom is -0.497 e. The lowest BCUT2D eigenvalue weighted by Gasteiger charge is -2.18. The van der Waals surface area contributed by atoms with Gasteiger partial charge < -0.3 is 9.64 Å². The number of methoxy groups -OCH3 is 1. The van der Waals surface area contributed by atoms with Gasteiger partial charge in [0.05, 0.1) is 12.0 Å². The number of hydrogen-bond acceptors (Lipinski definition) is 4. The predicted molar refractivity (Wildman–Crippen MR) is 113 cm³/mol. The van der Waals surface area contributed by atoms with Crippen LogP contribution in [-0.2, 0) is 21.4 Å². The van der Waals surface area contributed by atoms with Gasteiger partial charge in [0, 0.05) is 26.6 Å². The van der Waals surface area contributed by atoms with E-state index >= 15 is 0 Å². The van der Waals surface area contributed by atoms with Crippen LogP contribution < -0.4 is 9.46 Å². The molecule has 1 N–H and O–H groups in total. The first-order valence-corrected chi connectivity index (χ1v) is 10.7. The summed E-state index contributed by atoms with van der Waals surface area (Å²) in [4.78, 5) is 14.2. The zero-order chi connectivity index (χ0) is 20.9. The fourth-order valence-corrected chi connectivity index (χ4v) is 4.08. The van der Waals surface area contributed by atoms with Gasteiger partial charge in [0.1, 0.15) is 5.75 Å². The van der Waals surface area contributed by atoms with Crippen LogP contribution in [0.3, 0.4) is 0 Å². The number of rotatable bonds is 8. The molecule has 0 saturated heterocycles. The fraction of sp³-hybridized carbons (Fsp3) is 0.227. The molecule has 0 bridgehead atoms. The summed E-state index contributed by atoms with van der Waals surface area (Å²) in [7, 11) is -0.252. The highest BCUT2D eigenvalue weighted by Crippen LogP contribution is 2.22. The van der Waals surface area contributed by atoms with Crippen LogP contribution in [0, 0.1) is 0 Å². The zero-order valence-electron chi connectivity index (χ0n) is 16.5. The van der Waals surface area contributed by atoms with Crippen LogP contribution in [0.1, 0.15) is 12.0 Å². The third kappa shape index (κ3) is 5.34. The molecule has 3 aromatic carbocycles. The van der Waals surface area contributed by atoms with E-state index in [0.29, 0.717) is 6.54 Å². The molecule has 0 heterocycles. The smallest absolute Gasteiger partial charge is 0.240 e. The normalized spacial score (nSPS) is 11.4. The quantitative estimate of drug-likeness (QED) is 0.617. The van der Waals surface area contributed by atoms with Crippen LogP contribution in [0.25, 0.3) is 10.8 Å². The standard InChI is InChI=1S/C22H24N2O4S/c1-24(16-17-8-9-19-15-20(28-2)11-10-18(19)14-17)22(25)12-13-23-29(26,27)21-6-4-3-5-7-21/h3-11,14-15,23H,12-13,16H2,1-2H3. The number of carbonyl (C=O) groups is 1. The van der Waals surface area contributed by atoms with Crippen LogP contribution in [0.2, 0.25) is 0 Å². The molecule has 0 fully saturated rings. The van der Waals surface area contributed by atoms with Crippen molar-refractivity contribution < 1.29 is 17.9 Å². The number of amides is 1. The molecule has 0 aliphatic rings. The van der Waals surface area contributed by atoms with E-state index in [0.717, 1.165) is 22.1 Å². The topological polar surface area (TPSA) is 75.7 Å². The lowest BCUT2D eigenvalue weighted by atomic mass is 10.1. The highest BCUT2D eigenvalue weighted by Gasteiger charge is 2.15. The summed E-state index contributed by atoms with van der Waals surface area (Å²) in [6, 6.07) is 20.0. The minimum absolute atomic E-state index is 0.0535. The van der Waals surface area contributed by atoms with Gasteiger partial charge in [-0.3, -0.25) is 4.79 Å². The SMILES string of the molecule is COc1ccc2cc(CN(C)C(=O)CCNS(=O)(=O)c3ccccc3)ccc2c1. The number of hydrogen-bond donors (Lipinski definition) is 1. The molecule has 1 amide bonds. The van der Waals surface area contributed by atoms with Crippen LogP contribution in [0.4, 0.5) is 0 Å². The van der Waals surface area contributed by atoms with E-state index in [2.05, 4.69) is 4.72 Å². The average Bonchev–Trinajstić information content (AvgIpc) is 2.73. The van der Waals surface area contributed by atoms with E-state index in [-0.39, 0.29) is 23.8 Å². The molecule has 152 valence electrons. The van der Waals surface area contributed by atoms with Crippen molar-refractivity contribution in [3.8, 4) is 5.75 Å². The molecule has 0 aliphatic heterocycles. The third-order valence-electron chi connectivity index (χ3n) is 4.64. The van der Waals surface area contributed by atoms with E-state index in [9.17, 15) is 13.2 Å². The van der Waals surface area contributed by atoms with Crippen LogP contribution in [-0.4, -0.2) is 39.9 Å². The summed E-state index contributed by atoms with van der Waals surface area (Å²) in [6.07, 6.45) is 0.0906. The van der Waals surface area contributed by atoms with Gasteiger partial charge in [-0.25, -0.2) is 13.1 Å². The maximum absolute atomic E-state index is 12.4. The number of sulfonamides is 1. The number of nitrogens with zero attached hydrogens (tertiary/aromatic N) is 1. The fourth-order valence-electron chi connectivity index (χ4n) is 3.03. The number of nitrogens with one attached hydrogen (secondary N) is 1. The highest BCUT2D eigenvalue weighted by molar-refractivity contribution is 7.89. The number of carbonyl (C=O) groups excluding carboxylic acids is 1. The number of fused-ring (bicyclic) bond motifs is 1. The minimum atomic E-state index is -3.60. The molecule has 3 rings (SSSR count). The second kappa shape index (κ2) is 9.07. The maximum Gasteiger partial charge on any atom is 0.240 e. The Morgan fingerprint density at radius 3 is 2.41 bits per heavy atom. The average molecular weight is 413 g/mol. The largest absolute Gasteiger partial charge is 0.497 e. The first kappa shape index (κ1) is 20.8. The number of ether oxygens (including phenoxy) is 1. The van der Waals surface area contributed by atoms with Gasteiger partial charge in [-0.15, -0.1) is 0 Å². The molecule has 29 heavy (non-hydrogen) atoms. The van der Waals surface area contributed by atoms with Gasteiger partial charge in [-0.2, -0.15) is 0 Å². The Kier molecular flexibility index (Phi) is 6.51. The Morgan fingerprint density at radius 1 is 1.00 bits per heavy atom. The molecular weight excluding hydrogens is 388 g/mol. The maximum atomic E-state index is 12.4. The summed E-state index contributed by atoms with van der Waals surface area (Å²) in [5, 5.41) is 2.14. The molecule has 0 spiro atoms. The van der Waals surface area contributed by atoms with Crippen molar-refractivity contribution in [2.45, 2.75) is 17.9 Å². The van der Waals surface area contributed by atoms with Crippen molar-refractivity contribution in [3.63, 3.8) is 0 Å². The molecule has 3 aromatic rings. The van der Waals surface area contributed by atoms with Crippen molar-refractivity contribution in [1.29, 1.82) is 0 Å². The van der Waals surface area contributed by atoms with E-state index in [1.54, 1.807) is 37.3 Å². The lowest BCUT2D eigenvalue weighted by molar-refractivity contribution is -0.130. The van der Waals surface area contributed by atoms with Crippen LogP contribution in [0.5, 0.6) is 5.75 Å². The molecule has 7 heteroatoms. The first-order chi connectivity index (χ1) is 13.9. The van der Waals surface area contributed by atoms with Gasteiger partial charge in [-0.1, -0.05) is 36.4 Å². The van der Waals surface area contributed by atoms with Gasteiger partial charge in [0.2, 0.25) is 15.9 Å². The summed E-state index contributed by atoms with van der Waals surface area (Å²) < 4.78 is 32.1. The zero-order valence-corrected chi connectivity index (χ0v) is 17.3. The summed E-state index contributed by atoms with van der Waals surface area (Å²) in [5.74, 6) is 0.672. The highest BCUT2D eigenvalue weighted by atomic mass is 32.2. The third-order valence-corrected chi connectivity index (χ3v) is 6.12. The Balaban J connectivity index is 1.56. The summed E-state index contributed by atoms with van der Waals surface area (Å²) in [6.45, 7) is 0.504. The predicted octanol–water partition coefficient (Wildman–Crippen LogP) is 3.18. The van der Waals surface area contributed by atoms with Crippen molar-refractivity contribution in [2.75, 3.05) is 20.7 Å². The monoisotopic (exact) mass is 412 g/mol. The Labute approximate surface area is 171 Å². The summed E-state index contributed by atoms with van der Waals surface area (Å²) in [5.41, 5.74) is 1.00. The van der Waals surface area contributed by atoms with Gasteiger partial charge in [0.15, 0.2) is 0 Å². The Hall–Kier alpha value is -2.90. The molecule has 0 aromatic heterocycles. The van der Waals surface area contributed by atoms with Crippen molar-refractivity contribution in [1.82, 2.24) is 9.62 Å². The molecule has 0 aliphatic carbocycles. The van der Waals surface area contributed by atoms with Gasteiger partial charge in [0.25, 0.3) is 0 Å². The summed E-state index contributed by atoms with van der Waals surface area (Å²) >= 11 is 0. The van der Waals surface area contributed by atoms with Crippen LogP contribution in [0.15, 0.2) is 71.6 Å². The van der Waals surface area contributed by atoms with Gasteiger partial charge in [-0.05, 0) is 46.7 Å². The Bertz CT molecular complexity index is 1100. The van der Waals surface area contributed by atoms with Crippen molar-refractivity contribution in [2.24, 2.45) is 0 Å². The van der Waals surface area contributed by atoms with Crippen LogP contribution >= 0.6 is 0 Å². The molecule has 0 radical (unpaired) electrons. The second-order valence-corrected chi connectivity index (χ2v) is 8.53.